The highest BCUT2D eigenvalue weighted by atomic mass is 35.5. The van der Waals surface area contributed by atoms with Crippen molar-refractivity contribution in [1.29, 1.82) is 0 Å². The van der Waals surface area contributed by atoms with E-state index in [0.29, 0.717) is 5.69 Å². The Morgan fingerprint density at radius 1 is 1.31 bits per heavy atom. The number of aryl methyl sites for hydroxylation is 2. The molecule has 1 aromatic carbocycles. The van der Waals surface area contributed by atoms with Gasteiger partial charge in [0.2, 0.25) is 5.78 Å². The molecule has 0 aliphatic rings. The Labute approximate surface area is 153 Å². The summed E-state index contributed by atoms with van der Waals surface area (Å²) < 4.78 is 30.6. The fourth-order valence-corrected chi connectivity index (χ4v) is 3.81. The van der Waals surface area contributed by atoms with E-state index < -0.39 is 21.2 Å². The largest absolute Gasteiger partial charge is 0.356 e. The van der Waals surface area contributed by atoms with Gasteiger partial charge in [-0.2, -0.15) is 0 Å². The summed E-state index contributed by atoms with van der Waals surface area (Å²) in [6.07, 6.45) is 2.29. The van der Waals surface area contributed by atoms with Crippen molar-refractivity contribution in [2.45, 2.75) is 11.8 Å². The number of rotatable bonds is 4. The number of carbonyl (C=O) groups excluding carboxylic acids is 1. The molecule has 0 aliphatic carbocycles. The van der Waals surface area contributed by atoms with Gasteiger partial charge in [0.1, 0.15) is 5.56 Å². The van der Waals surface area contributed by atoms with Gasteiger partial charge in [-0.3, -0.25) is 14.3 Å². The quantitative estimate of drug-likeness (QED) is 0.675. The van der Waals surface area contributed by atoms with Gasteiger partial charge in [0.15, 0.2) is 15.6 Å². The van der Waals surface area contributed by atoms with Crippen LogP contribution in [0, 0.1) is 6.92 Å². The molecule has 26 heavy (non-hydrogen) atoms. The molecule has 0 aliphatic heterocycles. The fraction of sp³-hybridized carbons (Fsp3) is 0.188. The molecule has 0 unspecified atom stereocenters. The number of carbonyl (C=O) groups is 1. The van der Waals surface area contributed by atoms with Crippen LogP contribution in [0.4, 0.5) is 0 Å². The number of benzene rings is 1. The van der Waals surface area contributed by atoms with Crippen LogP contribution < -0.4 is 5.56 Å². The number of aromatic nitrogens is 3. The summed E-state index contributed by atoms with van der Waals surface area (Å²) in [5.41, 5.74) is -0.0870. The van der Waals surface area contributed by atoms with Crippen LogP contribution in [0.2, 0.25) is 5.02 Å². The minimum atomic E-state index is -3.66. The Kier molecular flexibility index (Phi) is 4.37. The van der Waals surface area contributed by atoms with E-state index in [1.807, 2.05) is 0 Å². The van der Waals surface area contributed by atoms with Gasteiger partial charge < -0.3 is 9.62 Å². The standard InChI is InChI=1S/C16H14ClN3O5S/c1-8-6-11(25-19-8)13-12(26(3,23)24)5-4-9(14(13)17)15(21)10-7-18-20(2)16(10)22/h4-7,18H,1-3H3. The number of sulfone groups is 1. The number of hydrogen-bond donors (Lipinski definition) is 1. The van der Waals surface area contributed by atoms with Crippen LogP contribution in [0.1, 0.15) is 21.6 Å². The second-order valence-corrected chi connectivity index (χ2v) is 8.15. The first-order valence-electron chi connectivity index (χ1n) is 7.36. The first-order valence-corrected chi connectivity index (χ1v) is 9.63. The van der Waals surface area contributed by atoms with Gasteiger partial charge in [0.05, 0.1) is 21.2 Å². The summed E-state index contributed by atoms with van der Waals surface area (Å²) in [7, 11) is -2.19. The number of halogens is 1. The Morgan fingerprint density at radius 2 is 2.00 bits per heavy atom. The Bertz CT molecular complexity index is 1190. The molecule has 3 aromatic rings. The molecule has 0 amide bonds. The molecule has 2 aromatic heterocycles. The zero-order chi connectivity index (χ0) is 19.2. The summed E-state index contributed by atoms with van der Waals surface area (Å²) in [6, 6.07) is 4.05. The molecule has 0 spiro atoms. The molecule has 8 nitrogen and oxygen atoms in total. The van der Waals surface area contributed by atoms with E-state index in [4.69, 9.17) is 16.1 Å². The van der Waals surface area contributed by atoms with Gasteiger partial charge in [-0.1, -0.05) is 16.8 Å². The van der Waals surface area contributed by atoms with Crippen molar-refractivity contribution in [3.63, 3.8) is 0 Å². The lowest BCUT2D eigenvalue weighted by Crippen LogP contribution is -2.19. The van der Waals surface area contributed by atoms with Crippen molar-refractivity contribution in [1.82, 2.24) is 14.9 Å². The second kappa shape index (κ2) is 6.26. The third-order valence-corrected chi connectivity index (χ3v) is 5.34. The maximum absolute atomic E-state index is 12.7. The van der Waals surface area contributed by atoms with Gasteiger partial charge in [0.25, 0.3) is 5.56 Å². The summed E-state index contributed by atoms with van der Waals surface area (Å²) in [5.74, 6) is -0.515. The average molecular weight is 396 g/mol. The zero-order valence-electron chi connectivity index (χ0n) is 14.0. The predicted octanol–water partition coefficient (Wildman–Crippen LogP) is 1.96. The highest BCUT2D eigenvalue weighted by Gasteiger charge is 2.27. The number of ketones is 1. The van der Waals surface area contributed by atoms with E-state index >= 15 is 0 Å². The summed E-state index contributed by atoms with van der Waals surface area (Å²) >= 11 is 6.38. The summed E-state index contributed by atoms with van der Waals surface area (Å²) in [6.45, 7) is 1.67. The van der Waals surface area contributed by atoms with E-state index in [0.717, 1.165) is 10.9 Å². The second-order valence-electron chi connectivity index (χ2n) is 5.79. The zero-order valence-corrected chi connectivity index (χ0v) is 15.6. The maximum atomic E-state index is 12.7. The molecule has 0 atom stereocenters. The molecule has 10 heteroatoms. The number of nitrogens with one attached hydrogen (secondary N) is 1. The van der Waals surface area contributed by atoms with E-state index in [9.17, 15) is 18.0 Å². The maximum Gasteiger partial charge on any atom is 0.277 e. The minimum absolute atomic E-state index is 0.0141. The van der Waals surface area contributed by atoms with Gasteiger partial charge >= 0.3 is 0 Å². The Morgan fingerprint density at radius 3 is 2.50 bits per heavy atom. The van der Waals surface area contributed by atoms with E-state index in [2.05, 4.69) is 10.3 Å². The van der Waals surface area contributed by atoms with Gasteiger partial charge in [0, 0.05) is 31.1 Å². The van der Waals surface area contributed by atoms with Gasteiger partial charge in [-0.15, -0.1) is 0 Å². The van der Waals surface area contributed by atoms with Crippen molar-refractivity contribution in [2.75, 3.05) is 6.26 Å². The van der Waals surface area contributed by atoms with Crippen LogP contribution in [-0.2, 0) is 16.9 Å². The number of nitrogens with zero attached hydrogens (tertiary/aromatic N) is 2. The van der Waals surface area contributed by atoms with Crippen LogP contribution in [0.5, 0.6) is 0 Å². The molecule has 0 saturated carbocycles. The molecule has 1 N–H and O–H groups in total. The molecule has 0 fully saturated rings. The van der Waals surface area contributed by atoms with Gasteiger partial charge in [-0.05, 0) is 19.1 Å². The van der Waals surface area contributed by atoms with E-state index in [-0.39, 0.29) is 32.4 Å². The SMILES string of the molecule is Cc1cc(-c2c(S(C)(=O)=O)ccc(C(=O)c3c[nH]n(C)c3=O)c2Cl)on1. The van der Waals surface area contributed by atoms with E-state index in [1.54, 1.807) is 6.92 Å². The van der Waals surface area contributed by atoms with Crippen molar-refractivity contribution < 1.29 is 17.7 Å². The lowest BCUT2D eigenvalue weighted by Gasteiger charge is -2.11. The lowest BCUT2D eigenvalue weighted by molar-refractivity contribution is 0.103. The lowest BCUT2D eigenvalue weighted by atomic mass is 10.0. The van der Waals surface area contributed by atoms with Crippen LogP contribution in [-0.4, -0.2) is 35.4 Å². The third-order valence-electron chi connectivity index (χ3n) is 3.80. The van der Waals surface area contributed by atoms with Crippen molar-refractivity contribution >= 4 is 27.2 Å². The molecule has 0 bridgehead atoms. The molecular weight excluding hydrogens is 382 g/mol. The number of aromatic amines is 1. The minimum Gasteiger partial charge on any atom is -0.356 e. The fourth-order valence-electron chi connectivity index (χ4n) is 2.52. The molecule has 2 heterocycles. The normalized spacial score (nSPS) is 11.7. The van der Waals surface area contributed by atoms with Crippen LogP contribution in [0.15, 0.2) is 38.6 Å². The monoisotopic (exact) mass is 395 g/mol. The van der Waals surface area contributed by atoms with Gasteiger partial charge in [-0.25, -0.2) is 8.42 Å². The highest BCUT2D eigenvalue weighted by molar-refractivity contribution is 7.90. The number of hydrogen-bond acceptors (Lipinski definition) is 6. The van der Waals surface area contributed by atoms with Crippen LogP contribution in [0.3, 0.4) is 0 Å². The van der Waals surface area contributed by atoms with Crippen molar-refractivity contribution in [3.8, 4) is 11.3 Å². The first kappa shape index (κ1) is 18.2. The number of H-pyrrole nitrogens is 1. The molecule has 0 saturated heterocycles. The summed E-state index contributed by atoms with van der Waals surface area (Å²) in [4.78, 5) is 24.7. The van der Waals surface area contributed by atoms with Crippen molar-refractivity contribution in [2.24, 2.45) is 7.05 Å². The van der Waals surface area contributed by atoms with Crippen molar-refractivity contribution in [3.05, 3.63) is 56.6 Å². The van der Waals surface area contributed by atoms with Crippen LogP contribution in [0.25, 0.3) is 11.3 Å². The first-order chi connectivity index (χ1) is 12.1. The highest BCUT2D eigenvalue weighted by Crippen LogP contribution is 2.37. The molecule has 3 rings (SSSR count). The molecular formula is C16H14ClN3O5S. The van der Waals surface area contributed by atoms with Crippen LogP contribution >= 0.6 is 11.6 Å². The van der Waals surface area contributed by atoms with E-state index in [1.165, 1.54) is 31.4 Å². The Balaban J connectivity index is 2.28. The topological polar surface area (TPSA) is 115 Å². The molecule has 136 valence electrons. The smallest absolute Gasteiger partial charge is 0.277 e. The Hall–Kier alpha value is -2.65. The predicted molar refractivity (Wildman–Crippen MR) is 94.3 cm³/mol. The average Bonchev–Trinajstić information content (AvgIpc) is 3.12. The molecule has 0 radical (unpaired) electrons. The third kappa shape index (κ3) is 2.99. The summed E-state index contributed by atoms with van der Waals surface area (Å²) in [5, 5.41) is 6.22.